The molecule has 4 nitrogen and oxygen atoms in total. The predicted molar refractivity (Wildman–Crippen MR) is 266 cm³/mol. The standard InChI is InChI=1S/C18H15P.C17H14ClN.C10H12O.C7H8ClNO.2ClH.Ru/c1-4-10-16(11-5-1)19(17-12-6-2-7-13-17)18-14-8-3-9-15-18;1-11-8-12(2)10-13(9-11)16-7-6-14-15(18)4-3-5-17(14)19-16;1-7-4-8(2)6-10(5-7)9(3)11;8-6-2-1-3-7(9)5(6)4-10;;;/h1-15H;3-10H,1-2H3;4-6H,1-3H3;1-3,10H,4,9H2;2*1H;/q;;;;;;+2/p-2. The summed E-state index contributed by atoms with van der Waals surface area (Å²) in [7, 11) is 9.26. The van der Waals surface area contributed by atoms with E-state index in [0.29, 0.717) is 16.3 Å². The van der Waals surface area contributed by atoms with Crippen molar-refractivity contribution in [2.24, 2.45) is 0 Å². The number of carbonyl (C=O) groups excluding carboxylic acids is 1. The van der Waals surface area contributed by atoms with Gasteiger partial charge in [-0.2, -0.15) is 0 Å². The average molecular weight is 1010 g/mol. The van der Waals surface area contributed by atoms with E-state index in [1.807, 2.05) is 56.3 Å². The van der Waals surface area contributed by atoms with Gasteiger partial charge >= 0.3 is 34.5 Å². The van der Waals surface area contributed by atoms with Gasteiger partial charge < -0.3 is 10.8 Å². The minimum atomic E-state index is -0.446. The van der Waals surface area contributed by atoms with Gasteiger partial charge in [0.2, 0.25) is 0 Å². The Bertz CT molecular complexity index is 2480. The molecule has 0 saturated carbocycles. The first-order valence-corrected chi connectivity index (χ1v) is 26.1. The van der Waals surface area contributed by atoms with Crippen LogP contribution in [0.15, 0.2) is 176 Å². The number of anilines is 1. The Kier molecular flexibility index (Phi) is 21.3. The van der Waals surface area contributed by atoms with Crippen LogP contribution in [0.3, 0.4) is 0 Å². The van der Waals surface area contributed by atoms with Gasteiger partial charge in [0.25, 0.3) is 0 Å². The van der Waals surface area contributed by atoms with Gasteiger partial charge in [0.15, 0.2) is 5.78 Å². The number of aliphatic hydroxyl groups is 1. The summed E-state index contributed by atoms with van der Waals surface area (Å²) >= 11 is 11.5. The Morgan fingerprint density at radius 3 is 1.45 bits per heavy atom. The fourth-order valence-electron chi connectivity index (χ4n) is 6.50. The van der Waals surface area contributed by atoms with Crippen LogP contribution in [0.25, 0.3) is 22.2 Å². The molecule has 0 saturated heterocycles. The molecule has 1 heterocycles. The number of aliphatic hydroxyl groups excluding tert-OH is 1. The van der Waals surface area contributed by atoms with Crippen LogP contribution in [0.5, 0.6) is 0 Å². The number of hydrogen-bond donors (Lipinski definition) is 2. The Hall–Kier alpha value is -4.41. The van der Waals surface area contributed by atoms with Crippen molar-refractivity contribution in [1.29, 1.82) is 0 Å². The second-order valence-electron chi connectivity index (χ2n) is 14.2. The van der Waals surface area contributed by atoms with Crippen LogP contribution >= 0.6 is 50.5 Å². The van der Waals surface area contributed by atoms with E-state index in [1.54, 1.807) is 25.1 Å². The van der Waals surface area contributed by atoms with Crippen LogP contribution in [0.2, 0.25) is 10.0 Å². The third-order valence-electron chi connectivity index (χ3n) is 9.18. The van der Waals surface area contributed by atoms with Gasteiger partial charge in [-0.15, -0.1) is 0 Å². The number of aromatic nitrogens is 1. The number of Topliss-reactive ketones (excluding diaryl/α,β-unsaturated/α-hetero) is 1. The van der Waals surface area contributed by atoms with Crippen molar-refractivity contribution >= 4 is 88.8 Å². The Morgan fingerprint density at radius 2 is 1.03 bits per heavy atom. The molecule has 3 N–H and O–H groups in total. The van der Waals surface area contributed by atoms with E-state index in [4.69, 9.17) is 58.4 Å². The molecule has 0 aliphatic heterocycles. The van der Waals surface area contributed by atoms with Crippen LogP contribution in [0, 0.1) is 27.7 Å². The minimum absolute atomic E-state index is 0.106. The maximum atomic E-state index is 10.9. The number of nitrogens with zero attached hydrogens (tertiary/aromatic N) is 1. The van der Waals surface area contributed by atoms with Crippen molar-refractivity contribution in [2.45, 2.75) is 41.2 Å². The molecule has 0 aliphatic rings. The van der Waals surface area contributed by atoms with Gasteiger partial charge in [0.1, 0.15) is 0 Å². The number of nitrogen functional groups attached to an aromatic ring is 1. The van der Waals surface area contributed by atoms with E-state index in [2.05, 4.69) is 129 Å². The first kappa shape index (κ1) is 50.2. The second-order valence-corrected chi connectivity index (χ2v) is 19.8. The second kappa shape index (κ2) is 26.3. The average Bonchev–Trinajstić information content (AvgIpc) is 3.25. The summed E-state index contributed by atoms with van der Waals surface area (Å²) in [5, 5.41) is 15.2. The number of fused-ring (bicyclic) bond motifs is 1. The fourth-order valence-corrected chi connectivity index (χ4v) is 9.28. The largest absolute Gasteiger partial charge is 0.0622 e. The van der Waals surface area contributed by atoms with Crippen molar-refractivity contribution in [3.63, 3.8) is 0 Å². The molecule has 8 rings (SSSR count). The molecule has 0 bridgehead atoms. The molecule has 10 heteroatoms. The summed E-state index contributed by atoms with van der Waals surface area (Å²) in [6.07, 6.45) is 0. The quantitative estimate of drug-likeness (QED) is 0.0753. The number of aryl methyl sites for hydroxylation is 4. The molecule has 0 radical (unpaired) electrons. The van der Waals surface area contributed by atoms with Crippen LogP contribution < -0.4 is 21.6 Å². The van der Waals surface area contributed by atoms with E-state index in [9.17, 15) is 4.79 Å². The van der Waals surface area contributed by atoms with Crippen molar-refractivity contribution in [3.8, 4) is 11.3 Å². The number of rotatable bonds is 6. The molecule has 0 aliphatic carbocycles. The van der Waals surface area contributed by atoms with E-state index in [-0.39, 0.29) is 27.5 Å². The predicted octanol–water partition coefficient (Wildman–Crippen LogP) is 13.9. The number of hydrogen-bond acceptors (Lipinski definition) is 4. The zero-order valence-electron chi connectivity index (χ0n) is 35.1. The zero-order chi connectivity index (χ0) is 45.0. The van der Waals surface area contributed by atoms with E-state index >= 15 is 0 Å². The molecule has 0 atom stereocenters. The summed E-state index contributed by atoms with van der Waals surface area (Å²) in [6, 6.07) is 59.7. The van der Waals surface area contributed by atoms with Crippen molar-refractivity contribution in [3.05, 3.63) is 219 Å². The maximum Gasteiger partial charge on any atom is -0.0134 e. The number of nitrogens with two attached hydrogens (primary N) is 1. The first-order chi connectivity index (χ1) is 29.8. The van der Waals surface area contributed by atoms with Gasteiger partial charge in [0, 0.05) is 37.8 Å². The third kappa shape index (κ3) is 15.7. The molecule has 320 valence electrons. The van der Waals surface area contributed by atoms with Gasteiger partial charge in [-0.3, -0.25) is 4.79 Å². The fraction of sp³-hybridized carbons (Fsp3) is 0.115. The first-order valence-electron chi connectivity index (χ1n) is 19.5. The Balaban J connectivity index is 0.000000184. The maximum absolute atomic E-state index is 10.9. The summed E-state index contributed by atoms with van der Waals surface area (Å²) < 4.78 is 0. The molecule has 0 unspecified atom stereocenters. The van der Waals surface area contributed by atoms with Crippen LogP contribution in [0.4, 0.5) is 5.69 Å². The van der Waals surface area contributed by atoms with Gasteiger partial charge in [0.05, 0.1) is 17.8 Å². The van der Waals surface area contributed by atoms with Crippen molar-refractivity contribution < 1.29 is 25.0 Å². The van der Waals surface area contributed by atoms with Gasteiger partial charge in [-0.05, 0) is 119 Å². The molecule has 62 heavy (non-hydrogen) atoms. The zero-order valence-corrected chi connectivity index (χ0v) is 40.8. The minimum Gasteiger partial charge on any atom is -0.0622 e. The summed E-state index contributed by atoms with van der Waals surface area (Å²) in [4.78, 5) is 15.7. The molecule has 7 aromatic carbocycles. The van der Waals surface area contributed by atoms with Gasteiger partial charge in [-0.1, -0.05) is 161 Å². The third-order valence-corrected chi connectivity index (χ3v) is 12.3. The van der Waals surface area contributed by atoms with E-state index in [1.165, 1.54) is 27.0 Å². The number of ketones is 1. The van der Waals surface area contributed by atoms with Gasteiger partial charge in [-0.25, -0.2) is 4.98 Å². The van der Waals surface area contributed by atoms with E-state index < -0.39 is 7.92 Å². The van der Waals surface area contributed by atoms with Crippen molar-refractivity contribution in [1.82, 2.24) is 4.98 Å². The smallest absolute Gasteiger partial charge is 0.0134 e. The number of carbonyl (C=O) groups is 1. The van der Waals surface area contributed by atoms with Crippen LogP contribution in [-0.4, -0.2) is 15.9 Å². The van der Waals surface area contributed by atoms with Crippen LogP contribution in [0.1, 0.15) is 45.1 Å². The molecule has 0 amide bonds. The summed E-state index contributed by atoms with van der Waals surface area (Å²) in [6.45, 7) is 9.70. The normalized spacial score (nSPS) is 10.2. The van der Waals surface area contributed by atoms with Crippen molar-refractivity contribution in [2.75, 3.05) is 5.73 Å². The molecule has 1 aromatic heterocycles. The summed E-state index contributed by atoms with van der Waals surface area (Å²) in [5.41, 5.74) is 15.3. The number of benzene rings is 7. The Morgan fingerprint density at radius 1 is 0.597 bits per heavy atom. The Labute approximate surface area is 393 Å². The molecule has 0 fully saturated rings. The van der Waals surface area contributed by atoms with Crippen LogP contribution in [-0.2, 0) is 21.8 Å². The van der Waals surface area contributed by atoms with E-state index in [0.717, 1.165) is 43.9 Å². The number of halogens is 4. The topological polar surface area (TPSA) is 76.2 Å². The molecule has 0 spiro atoms. The summed E-state index contributed by atoms with van der Waals surface area (Å²) in [5.74, 6) is 0.136. The molecule has 8 aromatic rings. The molecular formula is C52H49Cl4N2O2PRu. The monoisotopic (exact) mass is 1010 g/mol. The SMILES string of the molecule is CC(=O)c1cc(C)cc(C)c1.Cc1cc(C)cc(-c2ccc3c(Cl)cccc3n2)c1.Nc1cccc(Cl)c1CO.[Cl][Ru][Cl].c1ccc(P(c2ccccc2)c2ccccc2)cc1. The molecular weight excluding hydrogens is 958 g/mol. The number of pyridine rings is 1.